The van der Waals surface area contributed by atoms with Crippen LogP contribution in [0.3, 0.4) is 0 Å². The quantitative estimate of drug-likeness (QED) is 0.670. The molecule has 0 fully saturated rings. The Morgan fingerprint density at radius 1 is 1.15 bits per heavy atom. The summed E-state index contributed by atoms with van der Waals surface area (Å²) in [5.41, 5.74) is 0.845. The molecule has 0 heterocycles. The first-order chi connectivity index (χ1) is 9.38. The van der Waals surface area contributed by atoms with Gasteiger partial charge in [0, 0.05) is 0 Å². The van der Waals surface area contributed by atoms with E-state index in [1.54, 1.807) is 0 Å². The van der Waals surface area contributed by atoms with Gasteiger partial charge in [0.05, 0.1) is 6.42 Å². The molecule has 0 saturated heterocycles. The molecule has 0 aliphatic rings. The maximum atomic E-state index is 11.9. The first-order valence-corrected chi connectivity index (χ1v) is 7.02. The van der Waals surface area contributed by atoms with E-state index < -0.39 is 15.9 Å². The summed E-state index contributed by atoms with van der Waals surface area (Å²) in [5.74, 6) is -0.417. The van der Waals surface area contributed by atoms with Crippen LogP contribution in [-0.4, -0.2) is 21.0 Å². The highest BCUT2D eigenvalue weighted by Gasteiger charge is 2.32. The summed E-state index contributed by atoms with van der Waals surface area (Å²) in [7, 11) is 0. The molecule has 0 saturated carbocycles. The summed E-state index contributed by atoms with van der Waals surface area (Å²) >= 11 is 16.5. The van der Waals surface area contributed by atoms with E-state index in [4.69, 9.17) is 34.8 Å². The number of halogens is 3. The first kappa shape index (κ1) is 15.4. The third kappa shape index (κ3) is 3.76. The Morgan fingerprint density at radius 2 is 1.80 bits per heavy atom. The number of benzene rings is 2. The second-order valence-electron chi connectivity index (χ2n) is 4.33. The van der Waals surface area contributed by atoms with E-state index in [0.717, 1.165) is 16.3 Å². The normalized spacial score (nSPS) is 13.2. The molecule has 0 aliphatic carbocycles. The van der Waals surface area contributed by atoms with Crippen LogP contribution in [0.1, 0.15) is 5.56 Å². The summed E-state index contributed by atoms with van der Waals surface area (Å²) in [6.07, 6.45) is -1.45. The topological polar surface area (TPSA) is 49.3 Å². The molecule has 20 heavy (non-hydrogen) atoms. The molecular formula is C14H12Cl3NO2. The SMILES string of the molecule is O=C(Cc1cccc2ccccc12)N[C@H](O)C(Cl)(Cl)Cl. The third-order valence-electron chi connectivity index (χ3n) is 2.84. The van der Waals surface area contributed by atoms with Crippen LogP contribution >= 0.6 is 34.8 Å². The largest absolute Gasteiger partial charge is 0.369 e. The Bertz CT molecular complexity index is 620. The number of nitrogens with one attached hydrogen (secondary N) is 1. The number of carbonyl (C=O) groups is 1. The van der Waals surface area contributed by atoms with Crippen LogP contribution in [0.25, 0.3) is 10.8 Å². The minimum atomic E-state index is -1.95. The maximum absolute atomic E-state index is 11.9. The number of aliphatic hydroxyl groups excluding tert-OH is 1. The van der Waals surface area contributed by atoms with Crippen molar-refractivity contribution in [2.24, 2.45) is 0 Å². The van der Waals surface area contributed by atoms with E-state index in [9.17, 15) is 9.90 Å². The van der Waals surface area contributed by atoms with Crippen molar-refractivity contribution in [1.82, 2.24) is 5.32 Å². The number of fused-ring (bicyclic) bond motifs is 1. The maximum Gasteiger partial charge on any atom is 0.234 e. The number of rotatable bonds is 3. The van der Waals surface area contributed by atoms with Crippen LogP contribution in [0, 0.1) is 0 Å². The summed E-state index contributed by atoms with van der Waals surface area (Å²) in [6, 6.07) is 13.4. The Labute approximate surface area is 131 Å². The highest BCUT2D eigenvalue weighted by molar-refractivity contribution is 6.68. The number of carbonyl (C=O) groups excluding carboxylic acids is 1. The Hall–Kier alpha value is -1.000. The van der Waals surface area contributed by atoms with Crippen LogP contribution in [0.5, 0.6) is 0 Å². The Kier molecular flexibility index (Phi) is 4.76. The molecule has 0 unspecified atom stereocenters. The van der Waals surface area contributed by atoms with Gasteiger partial charge in [-0.25, -0.2) is 0 Å². The molecule has 2 rings (SSSR count). The van der Waals surface area contributed by atoms with E-state index in [0.29, 0.717) is 0 Å². The van der Waals surface area contributed by atoms with E-state index >= 15 is 0 Å². The fraction of sp³-hybridized carbons (Fsp3) is 0.214. The number of alkyl halides is 3. The van der Waals surface area contributed by atoms with Crippen molar-refractivity contribution in [3.8, 4) is 0 Å². The number of hydrogen-bond donors (Lipinski definition) is 2. The second-order valence-corrected chi connectivity index (χ2v) is 6.70. The smallest absolute Gasteiger partial charge is 0.234 e. The molecule has 2 aromatic rings. The molecule has 0 bridgehead atoms. The van der Waals surface area contributed by atoms with E-state index in [2.05, 4.69) is 5.32 Å². The molecule has 106 valence electrons. The van der Waals surface area contributed by atoms with E-state index in [1.807, 2.05) is 42.5 Å². The number of hydrogen-bond acceptors (Lipinski definition) is 2. The average Bonchev–Trinajstić information content (AvgIpc) is 2.38. The highest BCUT2D eigenvalue weighted by atomic mass is 35.6. The molecule has 1 amide bonds. The second kappa shape index (κ2) is 6.19. The summed E-state index contributed by atoms with van der Waals surface area (Å²) in [6.45, 7) is 0. The first-order valence-electron chi connectivity index (χ1n) is 5.89. The minimum absolute atomic E-state index is 0.0964. The van der Waals surface area contributed by atoms with Crippen molar-refractivity contribution >= 4 is 51.5 Å². The molecule has 0 spiro atoms. The fourth-order valence-electron chi connectivity index (χ4n) is 1.90. The zero-order chi connectivity index (χ0) is 14.8. The lowest BCUT2D eigenvalue weighted by molar-refractivity contribution is -0.123. The molecule has 2 N–H and O–H groups in total. The van der Waals surface area contributed by atoms with Gasteiger partial charge >= 0.3 is 0 Å². The Morgan fingerprint density at radius 3 is 2.50 bits per heavy atom. The van der Waals surface area contributed by atoms with Crippen LogP contribution in [0.4, 0.5) is 0 Å². The van der Waals surface area contributed by atoms with Gasteiger partial charge in [0.25, 0.3) is 0 Å². The van der Waals surface area contributed by atoms with Gasteiger partial charge in [0.1, 0.15) is 0 Å². The number of aliphatic hydroxyl groups is 1. The van der Waals surface area contributed by atoms with Gasteiger partial charge in [0.2, 0.25) is 9.70 Å². The molecule has 0 aliphatic heterocycles. The zero-order valence-electron chi connectivity index (χ0n) is 10.3. The summed E-state index contributed by atoms with van der Waals surface area (Å²) < 4.78 is -1.95. The van der Waals surface area contributed by atoms with Gasteiger partial charge in [-0.3, -0.25) is 4.79 Å². The summed E-state index contributed by atoms with van der Waals surface area (Å²) in [4.78, 5) is 11.9. The van der Waals surface area contributed by atoms with E-state index in [-0.39, 0.29) is 6.42 Å². The molecule has 3 nitrogen and oxygen atoms in total. The lowest BCUT2D eigenvalue weighted by atomic mass is 10.0. The molecule has 0 radical (unpaired) electrons. The Balaban J connectivity index is 2.15. The van der Waals surface area contributed by atoms with Crippen molar-refractivity contribution in [3.63, 3.8) is 0 Å². The van der Waals surface area contributed by atoms with Crippen molar-refractivity contribution in [1.29, 1.82) is 0 Å². The lowest BCUT2D eigenvalue weighted by Crippen LogP contribution is -2.44. The van der Waals surface area contributed by atoms with Gasteiger partial charge < -0.3 is 10.4 Å². The van der Waals surface area contributed by atoms with E-state index in [1.165, 1.54) is 0 Å². The molecule has 0 aromatic heterocycles. The van der Waals surface area contributed by atoms with Crippen LogP contribution < -0.4 is 5.32 Å². The van der Waals surface area contributed by atoms with Gasteiger partial charge in [-0.05, 0) is 16.3 Å². The number of amides is 1. The molecule has 1 atom stereocenters. The summed E-state index contributed by atoms with van der Waals surface area (Å²) in [5, 5.41) is 13.8. The lowest BCUT2D eigenvalue weighted by Gasteiger charge is -2.20. The standard InChI is InChI=1S/C14H12Cl3NO2/c15-14(16,17)13(20)18-12(19)8-10-6-3-5-9-4-1-2-7-11(9)10/h1-7,13,20H,8H2,(H,18,19)/t13-/m1/s1. The zero-order valence-corrected chi connectivity index (χ0v) is 12.6. The van der Waals surface area contributed by atoms with Crippen molar-refractivity contribution < 1.29 is 9.90 Å². The molecule has 2 aromatic carbocycles. The predicted octanol–water partition coefficient (Wildman–Crippen LogP) is 3.19. The van der Waals surface area contributed by atoms with Gasteiger partial charge in [-0.1, -0.05) is 77.3 Å². The van der Waals surface area contributed by atoms with Crippen LogP contribution in [0.15, 0.2) is 42.5 Å². The third-order valence-corrected chi connectivity index (χ3v) is 3.46. The van der Waals surface area contributed by atoms with Crippen LogP contribution in [-0.2, 0) is 11.2 Å². The van der Waals surface area contributed by atoms with Gasteiger partial charge in [0.15, 0.2) is 6.23 Å². The van der Waals surface area contributed by atoms with Crippen molar-refractivity contribution in [2.45, 2.75) is 16.4 Å². The fourth-order valence-corrected chi connectivity index (χ4v) is 2.07. The monoisotopic (exact) mass is 331 g/mol. The van der Waals surface area contributed by atoms with Crippen molar-refractivity contribution in [2.75, 3.05) is 0 Å². The minimum Gasteiger partial charge on any atom is -0.369 e. The van der Waals surface area contributed by atoms with Gasteiger partial charge in [-0.15, -0.1) is 0 Å². The average molecular weight is 333 g/mol. The van der Waals surface area contributed by atoms with Crippen molar-refractivity contribution in [3.05, 3.63) is 48.0 Å². The van der Waals surface area contributed by atoms with Crippen LogP contribution in [0.2, 0.25) is 0 Å². The molecule has 6 heteroatoms. The predicted molar refractivity (Wildman–Crippen MR) is 82.1 cm³/mol. The molecular weight excluding hydrogens is 321 g/mol. The highest BCUT2D eigenvalue weighted by Crippen LogP contribution is 2.29. The van der Waals surface area contributed by atoms with Gasteiger partial charge in [-0.2, -0.15) is 0 Å².